The number of benzene rings is 1. The summed E-state index contributed by atoms with van der Waals surface area (Å²) in [5.74, 6) is 0.300. The predicted octanol–water partition coefficient (Wildman–Crippen LogP) is 2.06. The maximum Gasteiger partial charge on any atom is 0.0802 e. The molecule has 1 heterocycles. The Morgan fingerprint density at radius 2 is 1.94 bits per heavy atom. The highest BCUT2D eigenvalue weighted by molar-refractivity contribution is 6.30. The molecule has 18 heavy (non-hydrogen) atoms. The first-order chi connectivity index (χ1) is 8.69. The van der Waals surface area contributed by atoms with Crippen molar-refractivity contribution in [2.45, 2.75) is 6.10 Å². The van der Waals surface area contributed by atoms with E-state index in [0.29, 0.717) is 12.4 Å². The van der Waals surface area contributed by atoms with Gasteiger partial charge in [-0.1, -0.05) is 17.7 Å². The Morgan fingerprint density at radius 1 is 1.22 bits per heavy atom. The Morgan fingerprint density at radius 3 is 2.56 bits per heavy atom. The van der Waals surface area contributed by atoms with Crippen molar-refractivity contribution in [3.63, 3.8) is 0 Å². The number of β-amino-alcohol motifs (C(OH)–C–C–N with tert-alkyl or cyclic N) is 1. The molecule has 1 unspecified atom stereocenters. The minimum Gasteiger partial charge on any atom is -0.391 e. The molecule has 0 aromatic heterocycles. The van der Waals surface area contributed by atoms with Gasteiger partial charge in [0.15, 0.2) is 0 Å². The number of alkyl halides is 1. The molecular weight excluding hydrogens is 271 g/mol. The third kappa shape index (κ3) is 3.75. The van der Waals surface area contributed by atoms with Crippen LogP contribution in [0.5, 0.6) is 0 Å². The second-order valence-corrected chi connectivity index (χ2v) is 5.32. The van der Waals surface area contributed by atoms with Crippen LogP contribution in [0.2, 0.25) is 5.02 Å². The van der Waals surface area contributed by atoms with Crippen molar-refractivity contribution in [2.24, 2.45) is 0 Å². The van der Waals surface area contributed by atoms with Crippen LogP contribution in [0.1, 0.15) is 0 Å². The van der Waals surface area contributed by atoms with Gasteiger partial charge in [-0.15, -0.1) is 11.6 Å². The van der Waals surface area contributed by atoms with Crippen molar-refractivity contribution in [3.8, 4) is 0 Å². The fourth-order valence-corrected chi connectivity index (χ4v) is 2.49. The highest BCUT2D eigenvalue weighted by atomic mass is 35.5. The van der Waals surface area contributed by atoms with Gasteiger partial charge in [-0.05, 0) is 18.2 Å². The van der Waals surface area contributed by atoms with Crippen molar-refractivity contribution < 1.29 is 5.11 Å². The number of halogens is 2. The third-order valence-electron chi connectivity index (χ3n) is 3.19. The number of aliphatic hydroxyl groups is 1. The molecule has 100 valence electrons. The number of hydrogen-bond acceptors (Lipinski definition) is 3. The summed E-state index contributed by atoms with van der Waals surface area (Å²) in [7, 11) is 0. The molecule has 1 atom stereocenters. The quantitative estimate of drug-likeness (QED) is 0.860. The molecule has 3 nitrogen and oxygen atoms in total. The van der Waals surface area contributed by atoms with Crippen molar-refractivity contribution in [1.29, 1.82) is 0 Å². The maximum absolute atomic E-state index is 9.52. The van der Waals surface area contributed by atoms with E-state index in [1.54, 1.807) is 0 Å². The number of piperazine rings is 1. The van der Waals surface area contributed by atoms with Gasteiger partial charge in [0.05, 0.1) is 6.10 Å². The summed E-state index contributed by atoms with van der Waals surface area (Å²) in [4.78, 5) is 4.56. The second-order valence-electron chi connectivity index (χ2n) is 4.58. The van der Waals surface area contributed by atoms with E-state index in [0.717, 1.165) is 31.2 Å². The second kappa shape index (κ2) is 6.62. The van der Waals surface area contributed by atoms with Crippen LogP contribution >= 0.6 is 23.2 Å². The minimum atomic E-state index is -0.426. The molecule has 1 aliphatic rings. The first kappa shape index (κ1) is 13.9. The molecule has 0 spiro atoms. The zero-order chi connectivity index (χ0) is 13.0. The highest BCUT2D eigenvalue weighted by Gasteiger charge is 2.19. The van der Waals surface area contributed by atoms with Gasteiger partial charge in [0.2, 0.25) is 0 Å². The van der Waals surface area contributed by atoms with Crippen molar-refractivity contribution in [3.05, 3.63) is 29.3 Å². The minimum absolute atomic E-state index is 0.300. The summed E-state index contributed by atoms with van der Waals surface area (Å²) in [5, 5.41) is 10.3. The number of rotatable bonds is 4. The Bertz CT molecular complexity index is 381. The molecule has 5 heteroatoms. The van der Waals surface area contributed by atoms with Gasteiger partial charge >= 0.3 is 0 Å². The molecule has 0 saturated carbocycles. The lowest BCUT2D eigenvalue weighted by atomic mass is 10.2. The van der Waals surface area contributed by atoms with Gasteiger partial charge in [-0.25, -0.2) is 0 Å². The van der Waals surface area contributed by atoms with Crippen LogP contribution in [0, 0.1) is 0 Å². The summed E-state index contributed by atoms with van der Waals surface area (Å²) >= 11 is 11.6. The van der Waals surface area contributed by atoms with Crippen molar-refractivity contribution in [1.82, 2.24) is 4.90 Å². The molecule has 1 aliphatic heterocycles. The fourth-order valence-electron chi connectivity index (χ4n) is 2.21. The fraction of sp³-hybridized carbons (Fsp3) is 0.538. The summed E-state index contributed by atoms with van der Waals surface area (Å²) in [6.45, 7) is 4.46. The van der Waals surface area contributed by atoms with Gasteiger partial charge < -0.3 is 10.0 Å². The van der Waals surface area contributed by atoms with E-state index in [4.69, 9.17) is 23.2 Å². The molecule has 0 amide bonds. The van der Waals surface area contributed by atoms with Gasteiger partial charge in [0.25, 0.3) is 0 Å². The van der Waals surface area contributed by atoms with E-state index in [1.165, 1.54) is 5.69 Å². The molecule has 2 rings (SSSR count). The molecule has 1 aromatic rings. The Kier molecular flexibility index (Phi) is 5.13. The highest BCUT2D eigenvalue weighted by Crippen LogP contribution is 2.20. The van der Waals surface area contributed by atoms with Gasteiger partial charge in [0, 0.05) is 49.3 Å². The zero-order valence-corrected chi connectivity index (χ0v) is 11.7. The lowest BCUT2D eigenvalue weighted by Crippen LogP contribution is -2.48. The molecule has 1 fully saturated rings. The predicted molar refractivity (Wildman–Crippen MR) is 76.8 cm³/mol. The first-order valence-electron chi connectivity index (χ1n) is 6.16. The molecule has 1 saturated heterocycles. The molecule has 0 bridgehead atoms. The Balaban J connectivity index is 1.87. The number of nitrogens with zero attached hydrogens (tertiary/aromatic N) is 2. The van der Waals surface area contributed by atoms with E-state index in [2.05, 4.69) is 15.9 Å². The van der Waals surface area contributed by atoms with Crippen molar-refractivity contribution >= 4 is 28.9 Å². The van der Waals surface area contributed by atoms with Crippen LogP contribution < -0.4 is 4.90 Å². The van der Waals surface area contributed by atoms with E-state index < -0.39 is 6.10 Å². The van der Waals surface area contributed by atoms with Crippen LogP contribution in [0.4, 0.5) is 5.69 Å². The Labute approximate surface area is 118 Å². The van der Waals surface area contributed by atoms with Gasteiger partial charge in [-0.2, -0.15) is 0 Å². The van der Waals surface area contributed by atoms with E-state index in [9.17, 15) is 5.11 Å². The SMILES string of the molecule is OC(CCl)CN1CCN(c2cccc(Cl)c2)CC1. The topological polar surface area (TPSA) is 26.7 Å². The average molecular weight is 289 g/mol. The van der Waals surface area contributed by atoms with E-state index in [-0.39, 0.29) is 0 Å². The number of aliphatic hydroxyl groups excluding tert-OH is 1. The number of hydrogen-bond donors (Lipinski definition) is 1. The van der Waals surface area contributed by atoms with Crippen LogP contribution in [0.25, 0.3) is 0 Å². The Hall–Kier alpha value is -0.480. The summed E-state index contributed by atoms with van der Waals surface area (Å²) < 4.78 is 0. The summed E-state index contributed by atoms with van der Waals surface area (Å²) in [6, 6.07) is 7.93. The average Bonchev–Trinajstić information content (AvgIpc) is 2.39. The third-order valence-corrected chi connectivity index (χ3v) is 3.78. The normalized spacial score (nSPS) is 18.9. The molecular formula is C13H18Cl2N2O. The monoisotopic (exact) mass is 288 g/mol. The van der Waals surface area contributed by atoms with Gasteiger partial charge in [0.1, 0.15) is 0 Å². The van der Waals surface area contributed by atoms with Crippen LogP contribution in [-0.4, -0.2) is 54.7 Å². The first-order valence-corrected chi connectivity index (χ1v) is 7.07. The largest absolute Gasteiger partial charge is 0.391 e. The van der Waals surface area contributed by atoms with E-state index in [1.807, 2.05) is 18.2 Å². The van der Waals surface area contributed by atoms with Crippen molar-refractivity contribution in [2.75, 3.05) is 43.5 Å². The van der Waals surface area contributed by atoms with E-state index >= 15 is 0 Å². The van der Waals surface area contributed by atoms with Crippen LogP contribution in [-0.2, 0) is 0 Å². The molecule has 0 aliphatic carbocycles. The van der Waals surface area contributed by atoms with Crippen LogP contribution in [0.15, 0.2) is 24.3 Å². The standard InChI is InChI=1S/C13H18Cl2N2O/c14-9-13(18)10-16-4-6-17(7-5-16)12-3-1-2-11(15)8-12/h1-3,8,13,18H,4-7,9-10H2. The van der Waals surface area contributed by atoms with Crippen LogP contribution in [0.3, 0.4) is 0 Å². The van der Waals surface area contributed by atoms with Gasteiger partial charge in [-0.3, -0.25) is 4.90 Å². The lowest BCUT2D eigenvalue weighted by Gasteiger charge is -2.36. The lowest BCUT2D eigenvalue weighted by molar-refractivity contribution is 0.125. The smallest absolute Gasteiger partial charge is 0.0802 e. The molecule has 1 N–H and O–H groups in total. The number of anilines is 1. The molecule has 1 aromatic carbocycles. The summed E-state index contributed by atoms with van der Waals surface area (Å²) in [6.07, 6.45) is -0.426. The maximum atomic E-state index is 9.52. The zero-order valence-electron chi connectivity index (χ0n) is 10.2. The molecule has 0 radical (unpaired) electrons. The summed E-state index contributed by atoms with van der Waals surface area (Å²) in [5.41, 5.74) is 1.17.